The second-order valence-corrected chi connectivity index (χ2v) is 4.52. The minimum Gasteiger partial charge on any atom is -0.508 e. The number of aryl methyl sites for hydroxylation is 1. The van der Waals surface area contributed by atoms with E-state index in [1.54, 1.807) is 6.07 Å². The number of phenols is 1. The zero-order valence-electron chi connectivity index (χ0n) is 10.9. The standard InChI is InChI=1S/C16H19NO/c1-3-17(15-8-4-6-13(2)10-15)12-14-7-5-9-16(18)11-14/h4-11,18H,3,12H2,1-2H3. The van der Waals surface area contributed by atoms with E-state index in [1.807, 2.05) is 18.2 Å². The van der Waals surface area contributed by atoms with E-state index in [9.17, 15) is 5.11 Å². The summed E-state index contributed by atoms with van der Waals surface area (Å²) >= 11 is 0. The number of hydrogen-bond donors (Lipinski definition) is 1. The molecule has 0 saturated carbocycles. The highest BCUT2D eigenvalue weighted by Crippen LogP contribution is 2.20. The van der Waals surface area contributed by atoms with Crippen molar-refractivity contribution in [3.8, 4) is 5.75 Å². The van der Waals surface area contributed by atoms with Gasteiger partial charge in [-0.05, 0) is 49.2 Å². The summed E-state index contributed by atoms with van der Waals surface area (Å²) in [6.45, 7) is 6.00. The summed E-state index contributed by atoms with van der Waals surface area (Å²) in [5, 5.41) is 9.49. The van der Waals surface area contributed by atoms with Crippen LogP contribution in [-0.2, 0) is 6.54 Å². The minimum atomic E-state index is 0.327. The molecule has 0 saturated heterocycles. The normalized spacial score (nSPS) is 10.3. The molecule has 0 fully saturated rings. The highest BCUT2D eigenvalue weighted by molar-refractivity contribution is 5.49. The van der Waals surface area contributed by atoms with Crippen LogP contribution in [0.25, 0.3) is 0 Å². The summed E-state index contributed by atoms with van der Waals surface area (Å²) in [6.07, 6.45) is 0. The van der Waals surface area contributed by atoms with Crippen molar-refractivity contribution in [2.24, 2.45) is 0 Å². The average Bonchev–Trinajstić information content (AvgIpc) is 2.36. The predicted molar refractivity (Wildman–Crippen MR) is 76.0 cm³/mol. The lowest BCUT2D eigenvalue weighted by Gasteiger charge is -2.23. The Morgan fingerprint density at radius 2 is 1.83 bits per heavy atom. The Morgan fingerprint density at radius 1 is 1.06 bits per heavy atom. The van der Waals surface area contributed by atoms with Crippen LogP contribution in [0, 0.1) is 6.92 Å². The fourth-order valence-corrected chi connectivity index (χ4v) is 2.09. The van der Waals surface area contributed by atoms with Gasteiger partial charge in [-0.1, -0.05) is 24.3 Å². The largest absolute Gasteiger partial charge is 0.508 e. The third-order valence-corrected chi connectivity index (χ3v) is 3.03. The Hall–Kier alpha value is -1.96. The van der Waals surface area contributed by atoms with Crippen molar-refractivity contribution in [1.29, 1.82) is 0 Å². The molecule has 2 aromatic carbocycles. The Morgan fingerprint density at radius 3 is 2.50 bits per heavy atom. The monoisotopic (exact) mass is 241 g/mol. The van der Waals surface area contributed by atoms with Crippen LogP contribution in [0.3, 0.4) is 0 Å². The van der Waals surface area contributed by atoms with Crippen LogP contribution in [0.15, 0.2) is 48.5 Å². The quantitative estimate of drug-likeness (QED) is 0.881. The molecule has 0 unspecified atom stereocenters. The molecule has 0 heterocycles. The van der Waals surface area contributed by atoms with Crippen LogP contribution in [0.5, 0.6) is 5.75 Å². The van der Waals surface area contributed by atoms with E-state index < -0.39 is 0 Å². The molecule has 0 amide bonds. The smallest absolute Gasteiger partial charge is 0.115 e. The maximum absolute atomic E-state index is 9.49. The molecular formula is C16H19NO. The second kappa shape index (κ2) is 5.58. The minimum absolute atomic E-state index is 0.327. The molecule has 2 heteroatoms. The molecule has 0 bridgehead atoms. The summed E-state index contributed by atoms with van der Waals surface area (Å²) in [7, 11) is 0. The topological polar surface area (TPSA) is 23.5 Å². The predicted octanol–water partition coefficient (Wildman–Crippen LogP) is 3.73. The summed E-state index contributed by atoms with van der Waals surface area (Å²) < 4.78 is 0. The zero-order valence-corrected chi connectivity index (χ0v) is 10.9. The number of nitrogens with zero attached hydrogens (tertiary/aromatic N) is 1. The van der Waals surface area contributed by atoms with Gasteiger partial charge in [-0.25, -0.2) is 0 Å². The number of aromatic hydroxyl groups is 1. The SMILES string of the molecule is CCN(Cc1cccc(O)c1)c1cccc(C)c1. The van der Waals surface area contributed by atoms with Gasteiger partial charge in [0.25, 0.3) is 0 Å². The van der Waals surface area contributed by atoms with E-state index in [0.717, 1.165) is 18.7 Å². The molecule has 0 aromatic heterocycles. The van der Waals surface area contributed by atoms with Crippen LogP contribution < -0.4 is 4.90 Å². The van der Waals surface area contributed by atoms with Crippen molar-refractivity contribution in [2.45, 2.75) is 20.4 Å². The van der Waals surface area contributed by atoms with Gasteiger partial charge in [0.1, 0.15) is 5.75 Å². The fourth-order valence-electron chi connectivity index (χ4n) is 2.09. The summed E-state index contributed by atoms with van der Waals surface area (Å²) in [5.41, 5.74) is 3.61. The van der Waals surface area contributed by atoms with Gasteiger partial charge in [-0.15, -0.1) is 0 Å². The molecule has 2 aromatic rings. The highest BCUT2D eigenvalue weighted by atomic mass is 16.3. The molecule has 0 atom stereocenters. The summed E-state index contributed by atoms with van der Waals surface area (Å²) in [4.78, 5) is 2.29. The van der Waals surface area contributed by atoms with Crippen molar-refractivity contribution in [1.82, 2.24) is 0 Å². The van der Waals surface area contributed by atoms with E-state index in [4.69, 9.17) is 0 Å². The van der Waals surface area contributed by atoms with Crippen molar-refractivity contribution >= 4 is 5.69 Å². The lowest BCUT2D eigenvalue weighted by atomic mass is 10.1. The molecule has 18 heavy (non-hydrogen) atoms. The van der Waals surface area contributed by atoms with E-state index in [2.05, 4.69) is 43.0 Å². The number of phenolic OH excluding ortho intramolecular Hbond substituents is 1. The van der Waals surface area contributed by atoms with Gasteiger partial charge < -0.3 is 10.0 Å². The van der Waals surface area contributed by atoms with E-state index in [-0.39, 0.29) is 0 Å². The van der Waals surface area contributed by atoms with Crippen molar-refractivity contribution in [3.05, 3.63) is 59.7 Å². The van der Waals surface area contributed by atoms with Crippen LogP contribution in [0.1, 0.15) is 18.1 Å². The molecule has 94 valence electrons. The number of rotatable bonds is 4. The fraction of sp³-hybridized carbons (Fsp3) is 0.250. The maximum Gasteiger partial charge on any atom is 0.115 e. The first kappa shape index (κ1) is 12.5. The lowest BCUT2D eigenvalue weighted by molar-refractivity contribution is 0.474. The Balaban J connectivity index is 2.19. The molecule has 0 aliphatic heterocycles. The van der Waals surface area contributed by atoms with Gasteiger partial charge in [0.05, 0.1) is 0 Å². The Kier molecular flexibility index (Phi) is 3.88. The molecule has 2 rings (SSSR count). The molecule has 0 aliphatic carbocycles. The van der Waals surface area contributed by atoms with Gasteiger partial charge in [-0.3, -0.25) is 0 Å². The van der Waals surface area contributed by atoms with Gasteiger partial charge in [0.15, 0.2) is 0 Å². The summed E-state index contributed by atoms with van der Waals surface area (Å²) in [5.74, 6) is 0.327. The molecule has 1 N–H and O–H groups in total. The van der Waals surface area contributed by atoms with Gasteiger partial charge in [0, 0.05) is 18.8 Å². The second-order valence-electron chi connectivity index (χ2n) is 4.52. The summed E-state index contributed by atoms with van der Waals surface area (Å²) in [6, 6.07) is 15.9. The molecular weight excluding hydrogens is 222 g/mol. The molecule has 2 nitrogen and oxygen atoms in total. The highest BCUT2D eigenvalue weighted by Gasteiger charge is 2.05. The van der Waals surface area contributed by atoms with E-state index >= 15 is 0 Å². The first-order chi connectivity index (χ1) is 8.69. The molecule has 0 spiro atoms. The number of anilines is 1. The van der Waals surface area contributed by atoms with Crippen molar-refractivity contribution < 1.29 is 5.11 Å². The van der Waals surface area contributed by atoms with Crippen molar-refractivity contribution in [2.75, 3.05) is 11.4 Å². The first-order valence-corrected chi connectivity index (χ1v) is 6.28. The maximum atomic E-state index is 9.49. The Labute approximate surface area is 109 Å². The molecule has 0 radical (unpaired) electrons. The van der Waals surface area contributed by atoms with Crippen LogP contribution in [-0.4, -0.2) is 11.7 Å². The average molecular weight is 241 g/mol. The van der Waals surface area contributed by atoms with Crippen LogP contribution >= 0.6 is 0 Å². The van der Waals surface area contributed by atoms with Crippen LogP contribution in [0.4, 0.5) is 5.69 Å². The van der Waals surface area contributed by atoms with Gasteiger partial charge in [-0.2, -0.15) is 0 Å². The zero-order chi connectivity index (χ0) is 13.0. The third kappa shape index (κ3) is 3.04. The first-order valence-electron chi connectivity index (χ1n) is 6.28. The van der Waals surface area contributed by atoms with Gasteiger partial charge >= 0.3 is 0 Å². The van der Waals surface area contributed by atoms with Gasteiger partial charge in [0.2, 0.25) is 0 Å². The van der Waals surface area contributed by atoms with E-state index in [1.165, 1.54) is 11.3 Å². The number of hydrogen-bond acceptors (Lipinski definition) is 2. The lowest BCUT2D eigenvalue weighted by Crippen LogP contribution is -2.21. The third-order valence-electron chi connectivity index (χ3n) is 3.03. The van der Waals surface area contributed by atoms with E-state index in [0.29, 0.717) is 5.75 Å². The molecule has 0 aliphatic rings. The number of benzene rings is 2. The van der Waals surface area contributed by atoms with Crippen LogP contribution in [0.2, 0.25) is 0 Å². The Bertz CT molecular complexity index is 522. The van der Waals surface area contributed by atoms with Crippen molar-refractivity contribution in [3.63, 3.8) is 0 Å².